The highest BCUT2D eigenvalue weighted by atomic mass is 19.1. The first kappa shape index (κ1) is 12.1. The number of benzene rings is 1. The van der Waals surface area contributed by atoms with E-state index in [0.717, 1.165) is 30.0 Å². The van der Waals surface area contributed by atoms with Crippen molar-refractivity contribution >= 4 is 10.9 Å². The van der Waals surface area contributed by atoms with Crippen LogP contribution in [0.5, 0.6) is 0 Å². The van der Waals surface area contributed by atoms with Gasteiger partial charge in [0.05, 0.1) is 10.9 Å². The molecule has 1 fully saturated rings. The second kappa shape index (κ2) is 4.62. The van der Waals surface area contributed by atoms with Crippen LogP contribution in [0.15, 0.2) is 27.8 Å². The van der Waals surface area contributed by atoms with Gasteiger partial charge < -0.3 is 10.3 Å². The average molecular weight is 263 g/mol. The number of H-pyrrole nitrogens is 1. The molecule has 0 amide bonds. The number of halogens is 1. The summed E-state index contributed by atoms with van der Waals surface area (Å²) in [7, 11) is 0. The maximum absolute atomic E-state index is 13.2. The summed E-state index contributed by atoms with van der Waals surface area (Å²) < 4.78 is 14.3. The van der Waals surface area contributed by atoms with Gasteiger partial charge in [0.15, 0.2) is 0 Å². The largest absolute Gasteiger partial charge is 0.328 e. The summed E-state index contributed by atoms with van der Waals surface area (Å²) in [5.41, 5.74) is -0.517. The first-order chi connectivity index (χ1) is 9.15. The van der Waals surface area contributed by atoms with Gasteiger partial charge in [0.2, 0.25) is 0 Å². The van der Waals surface area contributed by atoms with E-state index in [4.69, 9.17) is 0 Å². The third-order valence-corrected chi connectivity index (χ3v) is 3.51. The predicted molar refractivity (Wildman–Crippen MR) is 69.8 cm³/mol. The predicted octanol–water partition coefficient (Wildman–Crippen LogP) is 0.581. The van der Waals surface area contributed by atoms with Crippen LogP contribution in [0.3, 0.4) is 0 Å². The summed E-state index contributed by atoms with van der Waals surface area (Å²) in [6.45, 7) is 1.22. The lowest BCUT2D eigenvalue weighted by Gasteiger charge is -2.12. The Labute approximate surface area is 108 Å². The normalized spacial score (nSPS) is 19.1. The number of rotatable bonds is 2. The second-order valence-electron chi connectivity index (χ2n) is 4.83. The number of hydrogen-bond donors (Lipinski definition) is 2. The van der Waals surface area contributed by atoms with Crippen molar-refractivity contribution in [2.45, 2.75) is 25.4 Å². The van der Waals surface area contributed by atoms with Crippen molar-refractivity contribution in [1.82, 2.24) is 14.9 Å². The number of nitrogens with zero attached hydrogens (tertiary/aromatic N) is 1. The van der Waals surface area contributed by atoms with E-state index in [1.165, 1.54) is 12.1 Å². The molecule has 0 aliphatic carbocycles. The van der Waals surface area contributed by atoms with Crippen molar-refractivity contribution in [2.75, 3.05) is 6.54 Å². The van der Waals surface area contributed by atoms with Crippen LogP contribution in [0.25, 0.3) is 10.9 Å². The first-order valence-corrected chi connectivity index (χ1v) is 6.31. The van der Waals surface area contributed by atoms with Gasteiger partial charge in [0, 0.05) is 12.6 Å². The Morgan fingerprint density at radius 2 is 2.21 bits per heavy atom. The maximum atomic E-state index is 13.2. The molecule has 2 N–H and O–H groups in total. The van der Waals surface area contributed by atoms with Crippen LogP contribution in [0.1, 0.15) is 12.8 Å². The molecule has 1 aliphatic heterocycles. The highest BCUT2D eigenvalue weighted by Gasteiger charge is 2.17. The van der Waals surface area contributed by atoms with Gasteiger partial charge in [0.1, 0.15) is 5.82 Å². The van der Waals surface area contributed by atoms with Crippen molar-refractivity contribution in [3.05, 3.63) is 44.9 Å². The highest BCUT2D eigenvalue weighted by Crippen LogP contribution is 2.09. The molecule has 0 spiro atoms. The quantitative estimate of drug-likeness (QED) is 0.833. The van der Waals surface area contributed by atoms with Crippen LogP contribution in [-0.4, -0.2) is 22.1 Å². The minimum Gasteiger partial charge on any atom is -0.312 e. The standard InChI is InChI=1S/C13H14FN3O2/c14-8-3-4-11-10(6-8)12(18)17(13(19)16-11)7-9-2-1-5-15-9/h3-4,6,9,15H,1-2,5,7H2,(H,16,19). The Balaban J connectivity index is 2.13. The molecule has 1 unspecified atom stereocenters. The summed E-state index contributed by atoms with van der Waals surface area (Å²) in [5, 5.41) is 3.44. The smallest absolute Gasteiger partial charge is 0.312 e. The summed E-state index contributed by atoms with van der Waals surface area (Å²) in [6.07, 6.45) is 1.98. The minimum atomic E-state index is -0.484. The number of nitrogens with one attached hydrogen (secondary N) is 2. The SMILES string of the molecule is O=c1[nH]c2ccc(F)cc2c(=O)n1CC1CCCN1. The lowest BCUT2D eigenvalue weighted by atomic mass is 10.2. The monoisotopic (exact) mass is 263 g/mol. The van der Waals surface area contributed by atoms with E-state index in [1.807, 2.05) is 0 Å². The zero-order valence-corrected chi connectivity index (χ0v) is 10.3. The van der Waals surface area contributed by atoms with Gasteiger partial charge in [-0.2, -0.15) is 0 Å². The second-order valence-corrected chi connectivity index (χ2v) is 4.83. The number of aromatic nitrogens is 2. The Morgan fingerprint density at radius 3 is 2.95 bits per heavy atom. The Kier molecular flexibility index (Phi) is 2.94. The van der Waals surface area contributed by atoms with Crippen LogP contribution < -0.4 is 16.6 Å². The van der Waals surface area contributed by atoms with Crippen molar-refractivity contribution in [3.63, 3.8) is 0 Å². The van der Waals surface area contributed by atoms with Gasteiger partial charge in [-0.3, -0.25) is 9.36 Å². The molecule has 2 aromatic rings. The molecule has 100 valence electrons. The third kappa shape index (κ3) is 2.19. The van der Waals surface area contributed by atoms with Gasteiger partial charge in [-0.1, -0.05) is 0 Å². The van der Waals surface area contributed by atoms with Crippen LogP contribution in [-0.2, 0) is 6.54 Å². The van der Waals surface area contributed by atoms with E-state index in [-0.39, 0.29) is 11.4 Å². The number of aromatic amines is 1. The zero-order valence-electron chi connectivity index (χ0n) is 10.3. The summed E-state index contributed by atoms with van der Waals surface area (Å²) in [5.74, 6) is -0.484. The van der Waals surface area contributed by atoms with E-state index in [1.54, 1.807) is 0 Å². The molecule has 19 heavy (non-hydrogen) atoms. The van der Waals surface area contributed by atoms with E-state index < -0.39 is 17.1 Å². The van der Waals surface area contributed by atoms with Crippen molar-refractivity contribution < 1.29 is 4.39 Å². The first-order valence-electron chi connectivity index (χ1n) is 6.31. The van der Waals surface area contributed by atoms with E-state index >= 15 is 0 Å². The van der Waals surface area contributed by atoms with Crippen molar-refractivity contribution in [2.24, 2.45) is 0 Å². The van der Waals surface area contributed by atoms with Crippen molar-refractivity contribution in [3.8, 4) is 0 Å². The fourth-order valence-electron chi connectivity index (χ4n) is 2.52. The van der Waals surface area contributed by atoms with E-state index in [0.29, 0.717) is 12.1 Å². The summed E-state index contributed by atoms with van der Waals surface area (Å²) in [4.78, 5) is 26.8. The molecule has 0 saturated carbocycles. The minimum absolute atomic E-state index is 0.129. The number of hydrogen-bond acceptors (Lipinski definition) is 3. The Hall–Kier alpha value is -1.95. The molecule has 6 heteroatoms. The van der Waals surface area contributed by atoms with Crippen LogP contribution in [0.4, 0.5) is 4.39 Å². The van der Waals surface area contributed by atoms with Crippen LogP contribution >= 0.6 is 0 Å². The molecule has 5 nitrogen and oxygen atoms in total. The fraction of sp³-hybridized carbons (Fsp3) is 0.385. The van der Waals surface area contributed by atoms with E-state index in [9.17, 15) is 14.0 Å². The molecule has 1 atom stereocenters. The maximum Gasteiger partial charge on any atom is 0.328 e. The van der Waals surface area contributed by atoms with Gasteiger partial charge >= 0.3 is 5.69 Å². The lowest BCUT2D eigenvalue weighted by Crippen LogP contribution is -2.40. The van der Waals surface area contributed by atoms with Gasteiger partial charge in [-0.05, 0) is 37.6 Å². The average Bonchev–Trinajstić information content (AvgIpc) is 2.89. The van der Waals surface area contributed by atoms with Gasteiger partial charge in [0.25, 0.3) is 5.56 Å². The van der Waals surface area contributed by atoms with Crippen LogP contribution in [0, 0.1) is 5.82 Å². The fourth-order valence-corrected chi connectivity index (χ4v) is 2.52. The summed E-state index contributed by atoms with van der Waals surface area (Å²) >= 11 is 0. The lowest BCUT2D eigenvalue weighted by molar-refractivity contribution is 0.487. The van der Waals surface area contributed by atoms with Gasteiger partial charge in [-0.15, -0.1) is 0 Å². The van der Waals surface area contributed by atoms with E-state index in [2.05, 4.69) is 10.3 Å². The molecular formula is C13H14FN3O2. The zero-order chi connectivity index (χ0) is 13.4. The molecule has 1 aromatic heterocycles. The van der Waals surface area contributed by atoms with Crippen LogP contribution in [0.2, 0.25) is 0 Å². The molecule has 0 bridgehead atoms. The van der Waals surface area contributed by atoms with Crippen molar-refractivity contribution in [1.29, 1.82) is 0 Å². The Bertz CT molecular complexity index is 729. The molecule has 1 aromatic carbocycles. The molecule has 0 radical (unpaired) electrons. The topological polar surface area (TPSA) is 66.9 Å². The van der Waals surface area contributed by atoms with Gasteiger partial charge in [-0.25, -0.2) is 9.18 Å². The highest BCUT2D eigenvalue weighted by molar-refractivity contribution is 5.77. The number of fused-ring (bicyclic) bond motifs is 1. The molecule has 1 saturated heterocycles. The molecular weight excluding hydrogens is 249 g/mol. The molecule has 2 heterocycles. The Morgan fingerprint density at radius 1 is 1.37 bits per heavy atom. The molecule has 1 aliphatic rings. The molecule has 3 rings (SSSR count). The summed E-state index contributed by atoms with van der Waals surface area (Å²) in [6, 6.07) is 3.92. The third-order valence-electron chi connectivity index (χ3n) is 3.51.